The highest BCUT2D eigenvalue weighted by molar-refractivity contribution is 5.72. The van der Waals surface area contributed by atoms with Crippen LogP contribution in [0.5, 0.6) is 0 Å². The van der Waals surface area contributed by atoms with Gasteiger partial charge in [0.2, 0.25) is 0 Å². The number of nitrogen functional groups attached to an aromatic ring is 1. The molecule has 3 rings (SSSR count). The number of aromatic nitrogens is 4. The predicted molar refractivity (Wildman–Crippen MR) is 82.5 cm³/mol. The van der Waals surface area contributed by atoms with E-state index in [0.717, 1.165) is 24.1 Å². The SMILES string of the molecule is Cc1ccc(N)c(-c2nnnn2CCc2ccccc2)c1. The van der Waals surface area contributed by atoms with Crippen molar-refractivity contribution in [3.05, 3.63) is 59.7 Å². The molecule has 0 saturated heterocycles. The first-order chi connectivity index (χ1) is 10.2. The van der Waals surface area contributed by atoms with Gasteiger partial charge in [-0.25, -0.2) is 4.68 Å². The number of nitrogens with two attached hydrogens (primary N) is 1. The zero-order chi connectivity index (χ0) is 14.7. The Morgan fingerprint density at radius 2 is 1.90 bits per heavy atom. The van der Waals surface area contributed by atoms with E-state index in [2.05, 4.69) is 27.7 Å². The summed E-state index contributed by atoms with van der Waals surface area (Å²) in [4.78, 5) is 0. The van der Waals surface area contributed by atoms with E-state index in [1.54, 1.807) is 4.68 Å². The molecule has 1 aromatic heterocycles. The number of hydrogen-bond acceptors (Lipinski definition) is 4. The van der Waals surface area contributed by atoms with Gasteiger partial charge in [-0.05, 0) is 41.5 Å². The summed E-state index contributed by atoms with van der Waals surface area (Å²) in [6.45, 7) is 2.75. The van der Waals surface area contributed by atoms with Crippen LogP contribution in [-0.4, -0.2) is 20.2 Å². The van der Waals surface area contributed by atoms with Crippen molar-refractivity contribution in [2.45, 2.75) is 19.9 Å². The molecular weight excluding hydrogens is 262 g/mol. The Bertz CT molecular complexity index is 733. The molecule has 0 aliphatic heterocycles. The van der Waals surface area contributed by atoms with Gasteiger partial charge in [0.25, 0.3) is 0 Å². The van der Waals surface area contributed by atoms with E-state index < -0.39 is 0 Å². The van der Waals surface area contributed by atoms with Gasteiger partial charge in [-0.2, -0.15) is 0 Å². The van der Waals surface area contributed by atoms with Gasteiger partial charge >= 0.3 is 0 Å². The molecule has 21 heavy (non-hydrogen) atoms. The number of benzene rings is 2. The van der Waals surface area contributed by atoms with Crippen molar-refractivity contribution in [3.63, 3.8) is 0 Å². The summed E-state index contributed by atoms with van der Waals surface area (Å²) in [5.74, 6) is 0.715. The molecule has 0 aliphatic rings. The van der Waals surface area contributed by atoms with E-state index in [4.69, 9.17) is 5.73 Å². The molecule has 3 aromatic rings. The monoisotopic (exact) mass is 279 g/mol. The summed E-state index contributed by atoms with van der Waals surface area (Å²) in [7, 11) is 0. The minimum absolute atomic E-state index is 0.691. The molecule has 1 heterocycles. The summed E-state index contributed by atoms with van der Waals surface area (Å²) < 4.78 is 1.80. The Morgan fingerprint density at radius 1 is 1.10 bits per heavy atom. The zero-order valence-electron chi connectivity index (χ0n) is 11.9. The Kier molecular flexibility index (Phi) is 3.64. The summed E-state index contributed by atoms with van der Waals surface area (Å²) >= 11 is 0. The molecule has 0 fully saturated rings. The second kappa shape index (κ2) is 5.75. The van der Waals surface area contributed by atoms with Crippen molar-refractivity contribution in [3.8, 4) is 11.4 Å². The minimum Gasteiger partial charge on any atom is -0.398 e. The fourth-order valence-electron chi connectivity index (χ4n) is 2.29. The Hall–Kier alpha value is -2.69. The maximum atomic E-state index is 6.05. The van der Waals surface area contributed by atoms with Crippen LogP contribution in [0.1, 0.15) is 11.1 Å². The summed E-state index contributed by atoms with van der Waals surface area (Å²) in [5.41, 5.74) is 10.0. The highest BCUT2D eigenvalue weighted by Crippen LogP contribution is 2.24. The van der Waals surface area contributed by atoms with Crippen LogP contribution in [0.2, 0.25) is 0 Å². The lowest BCUT2D eigenvalue weighted by Crippen LogP contribution is -2.06. The number of hydrogen-bond donors (Lipinski definition) is 1. The third kappa shape index (κ3) is 2.91. The molecule has 106 valence electrons. The second-order valence-electron chi connectivity index (χ2n) is 5.05. The van der Waals surface area contributed by atoms with E-state index in [1.807, 2.05) is 43.3 Å². The third-order valence-electron chi connectivity index (χ3n) is 3.44. The molecule has 0 saturated carbocycles. The lowest BCUT2D eigenvalue weighted by atomic mass is 10.1. The van der Waals surface area contributed by atoms with E-state index in [9.17, 15) is 0 Å². The molecule has 2 aromatic carbocycles. The molecule has 0 atom stereocenters. The molecule has 0 aliphatic carbocycles. The molecule has 0 radical (unpaired) electrons. The topological polar surface area (TPSA) is 69.6 Å². The first-order valence-corrected chi connectivity index (χ1v) is 6.90. The summed E-state index contributed by atoms with van der Waals surface area (Å²) in [5, 5.41) is 12.0. The predicted octanol–water partition coefficient (Wildman–Crippen LogP) is 2.47. The van der Waals surface area contributed by atoms with Crippen LogP contribution in [0.25, 0.3) is 11.4 Å². The fourth-order valence-corrected chi connectivity index (χ4v) is 2.29. The third-order valence-corrected chi connectivity index (χ3v) is 3.44. The van der Waals surface area contributed by atoms with Crippen LogP contribution in [0, 0.1) is 6.92 Å². The minimum atomic E-state index is 0.691. The molecular formula is C16H17N5. The molecule has 5 heteroatoms. The van der Waals surface area contributed by atoms with Crippen LogP contribution >= 0.6 is 0 Å². The van der Waals surface area contributed by atoms with Gasteiger partial charge in [-0.3, -0.25) is 0 Å². The van der Waals surface area contributed by atoms with Gasteiger partial charge < -0.3 is 5.73 Å². The van der Waals surface area contributed by atoms with Crippen molar-refractivity contribution >= 4 is 5.69 Å². The summed E-state index contributed by atoms with van der Waals surface area (Å²) in [6.07, 6.45) is 0.880. The van der Waals surface area contributed by atoms with Gasteiger partial charge in [0.1, 0.15) is 0 Å². The van der Waals surface area contributed by atoms with Gasteiger partial charge in [-0.15, -0.1) is 5.10 Å². The highest BCUT2D eigenvalue weighted by Gasteiger charge is 2.12. The van der Waals surface area contributed by atoms with Crippen molar-refractivity contribution in [2.24, 2.45) is 0 Å². The molecule has 0 unspecified atom stereocenters. The van der Waals surface area contributed by atoms with Gasteiger partial charge in [0.05, 0.1) is 0 Å². The molecule has 5 nitrogen and oxygen atoms in total. The lowest BCUT2D eigenvalue weighted by Gasteiger charge is -2.08. The van der Waals surface area contributed by atoms with Crippen LogP contribution in [0.15, 0.2) is 48.5 Å². The van der Waals surface area contributed by atoms with Crippen molar-refractivity contribution < 1.29 is 0 Å². The Morgan fingerprint density at radius 3 is 2.71 bits per heavy atom. The average Bonchev–Trinajstić information content (AvgIpc) is 2.97. The molecule has 0 bridgehead atoms. The van der Waals surface area contributed by atoms with Crippen molar-refractivity contribution in [1.29, 1.82) is 0 Å². The maximum absolute atomic E-state index is 6.05. The first-order valence-electron chi connectivity index (χ1n) is 6.90. The smallest absolute Gasteiger partial charge is 0.184 e. The van der Waals surface area contributed by atoms with Gasteiger partial charge in [-0.1, -0.05) is 42.0 Å². The normalized spacial score (nSPS) is 10.7. The first kappa shape index (κ1) is 13.3. The van der Waals surface area contributed by atoms with Gasteiger partial charge in [0.15, 0.2) is 5.82 Å². The van der Waals surface area contributed by atoms with Crippen LogP contribution < -0.4 is 5.73 Å². The fraction of sp³-hybridized carbons (Fsp3) is 0.188. The second-order valence-corrected chi connectivity index (χ2v) is 5.05. The largest absolute Gasteiger partial charge is 0.398 e. The zero-order valence-corrected chi connectivity index (χ0v) is 11.9. The van der Waals surface area contributed by atoms with Crippen LogP contribution in [0.4, 0.5) is 5.69 Å². The molecule has 2 N–H and O–H groups in total. The van der Waals surface area contributed by atoms with E-state index in [0.29, 0.717) is 11.5 Å². The highest BCUT2D eigenvalue weighted by atomic mass is 15.5. The van der Waals surface area contributed by atoms with E-state index in [1.165, 1.54) is 5.56 Å². The number of aryl methyl sites for hydroxylation is 3. The Balaban J connectivity index is 1.86. The lowest BCUT2D eigenvalue weighted by molar-refractivity contribution is 0.594. The number of nitrogens with zero attached hydrogens (tertiary/aromatic N) is 4. The van der Waals surface area contributed by atoms with E-state index >= 15 is 0 Å². The van der Waals surface area contributed by atoms with Crippen molar-refractivity contribution in [1.82, 2.24) is 20.2 Å². The van der Waals surface area contributed by atoms with Gasteiger partial charge in [0, 0.05) is 17.8 Å². The maximum Gasteiger partial charge on any atom is 0.184 e. The van der Waals surface area contributed by atoms with Crippen LogP contribution in [-0.2, 0) is 13.0 Å². The Labute approximate surface area is 123 Å². The van der Waals surface area contributed by atoms with E-state index in [-0.39, 0.29) is 0 Å². The molecule has 0 amide bonds. The quantitative estimate of drug-likeness (QED) is 0.745. The summed E-state index contributed by atoms with van der Waals surface area (Å²) in [6, 6.07) is 16.2. The van der Waals surface area contributed by atoms with Crippen molar-refractivity contribution in [2.75, 3.05) is 5.73 Å². The number of anilines is 1. The standard InChI is InChI=1S/C16H17N5/c1-12-7-8-15(17)14(11-12)16-18-19-20-21(16)10-9-13-5-3-2-4-6-13/h2-8,11H,9-10,17H2,1H3. The van der Waals surface area contributed by atoms with Crippen LogP contribution in [0.3, 0.4) is 0 Å². The number of tetrazole rings is 1. The molecule has 0 spiro atoms. The average molecular weight is 279 g/mol. The number of rotatable bonds is 4.